The lowest BCUT2D eigenvalue weighted by molar-refractivity contribution is -0.173. The zero-order valence-corrected chi connectivity index (χ0v) is 21.7. The van der Waals surface area contributed by atoms with Crippen molar-refractivity contribution in [2.75, 3.05) is 0 Å². The fourth-order valence-corrected chi connectivity index (χ4v) is 5.51. The summed E-state index contributed by atoms with van der Waals surface area (Å²) < 4.78 is 18.0. The largest absolute Gasteiger partial charge is 0.458 e. The molecule has 188 valence electrons. The van der Waals surface area contributed by atoms with Gasteiger partial charge >= 0.3 is 11.9 Å². The summed E-state index contributed by atoms with van der Waals surface area (Å²) >= 11 is 0. The third-order valence-electron chi connectivity index (χ3n) is 7.93. The monoisotopic (exact) mass is 474 g/mol. The quantitative estimate of drug-likeness (QED) is 0.342. The second kappa shape index (κ2) is 9.06. The number of ketones is 2. The molecular weight excluding hydrogens is 436 g/mol. The number of rotatable bonds is 3. The van der Waals surface area contributed by atoms with Crippen molar-refractivity contribution < 1.29 is 33.4 Å². The van der Waals surface area contributed by atoms with Gasteiger partial charge in [0, 0.05) is 30.8 Å². The number of hydrogen-bond acceptors (Lipinski definition) is 7. The van der Waals surface area contributed by atoms with E-state index in [0.29, 0.717) is 30.4 Å². The van der Waals surface area contributed by atoms with Crippen molar-refractivity contribution in [3.05, 3.63) is 23.3 Å². The summed E-state index contributed by atoms with van der Waals surface area (Å²) in [6, 6.07) is 0. The van der Waals surface area contributed by atoms with E-state index >= 15 is 0 Å². The summed E-state index contributed by atoms with van der Waals surface area (Å²) in [4.78, 5) is 52.0. The molecule has 7 heteroatoms. The number of Topliss-reactive ketones (excluding diaryl/α,β-unsaturated/α-hetero) is 2. The maximum atomic E-state index is 14.0. The summed E-state index contributed by atoms with van der Waals surface area (Å²) in [6.07, 6.45) is 3.72. The number of carbonyl (C=O) groups excluding carboxylic acids is 4. The van der Waals surface area contributed by atoms with Gasteiger partial charge in [-0.2, -0.15) is 0 Å². The number of esters is 2. The zero-order valence-electron chi connectivity index (χ0n) is 21.7. The first-order valence-corrected chi connectivity index (χ1v) is 12.1. The summed E-state index contributed by atoms with van der Waals surface area (Å²) in [5.41, 5.74) is -1.92. The molecule has 0 spiro atoms. The molecule has 1 saturated heterocycles. The first kappa shape index (κ1) is 26.3. The average molecular weight is 475 g/mol. The second-order valence-corrected chi connectivity index (χ2v) is 11.1. The van der Waals surface area contributed by atoms with Crippen molar-refractivity contribution in [1.29, 1.82) is 0 Å². The van der Waals surface area contributed by atoms with Gasteiger partial charge in [0.1, 0.15) is 11.9 Å². The van der Waals surface area contributed by atoms with Gasteiger partial charge in [-0.1, -0.05) is 32.9 Å². The normalized spacial score (nSPS) is 38.0. The predicted octanol–water partition coefficient (Wildman–Crippen LogP) is 4.27. The zero-order chi connectivity index (χ0) is 25.6. The Kier molecular flexibility index (Phi) is 7.02. The highest BCUT2D eigenvalue weighted by Crippen LogP contribution is 2.57. The van der Waals surface area contributed by atoms with E-state index in [4.69, 9.17) is 14.2 Å². The van der Waals surface area contributed by atoms with Gasteiger partial charge in [-0.15, -0.1) is 0 Å². The molecule has 0 amide bonds. The van der Waals surface area contributed by atoms with E-state index in [1.54, 1.807) is 32.9 Å². The smallest absolute Gasteiger partial charge is 0.333 e. The Balaban J connectivity index is 2.15. The van der Waals surface area contributed by atoms with Gasteiger partial charge in [-0.05, 0) is 52.0 Å². The van der Waals surface area contributed by atoms with Crippen LogP contribution in [0.25, 0.3) is 0 Å². The van der Waals surface area contributed by atoms with E-state index in [9.17, 15) is 19.2 Å². The van der Waals surface area contributed by atoms with Crippen LogP contribution in [0.15, 0.2) is 23.3 Å². The van der Waals surface area contributed by atoms with Crippen LogP contribution in [0.2, 0.25) is 0 Å². The number of hydrogen-bond donors (Lipinski definition) is 0. The molecule has 2 aliphatic carbocycles. The third kappa shape index (κ3) is 4.64. The number of allylic oxidation sites excluding steroid dienone is 2. The SMILES string of the molecule is CC=C(C)C(=O)OC1C(C)CC2(OC(C)=O)C(=O)C(C)=CCC(C)(C)C(=O)CCC3(C)OC3C12. The molecule has 1 aliphatic heterocycles. The highest BCUT2D eigenvalue weighted by molar-refractivity contribution is 6.03. The van der Waals surface area contributed by atoms with Crippen LogP contribution >= 0.6 is 0 Å². The molecule has 0 bridgehead atoms. The van der Waals surface area contributed by atoms with Crippen LogP contribution in [-0.4, -0.2) is 46.9 Å². The van der Waals surface area contributed by atoms with Gasteiger partial charge in [0.25, 0.3) is 0 Å². The topological polar surface area (TPSA) is 99.3 Å². The van der Waals surface area contributed by atoms with Gasteiger partial charge in [0.05, 0.1) is 17.6 Å². The Morgan fingerprint density at radius 2 is 1.82 bits per heavy atom. The number of fused-ring (bicyclic) bond motifs is 3. The summed E-state index contributed by atoms with van der Waals surface area (Å²) in [6.45, 7) is 14.0. The van der Waals surface area contributed by atoms with Crippen molar-refractivity contribution in [2.45, 2.75) is 104 Å². The minimum atomic E-state index is -1.50. The van der Waals surface area contributed by atoms with Crippen LogP contribution < -0.4 is 0 Å². The molecule has 0 radical (unpaired) electrons. The first-order valence-electron chi connectivity index (χ1n) is 12.1. The fourth-order valence-electron chi connectivity index (χ4n) is 5.51. The third-order valence-corrected chi connectivity index (χ3v) is 7.93. The van der Waals surface area contributed by atoms with Crippen LogP contribution in [0.4, 0.5) is 0 Å². The van der Waals surface area contributed by atoms with Gasteiger partial charge in [0.2, 0.25) is 5.78 Å². The van der Waals surface area contributed by atoms with Crippen molar-refractivity contribution in [3.63, 3.8) is 0 Å². The fraction of sp³-hybridized carbons (Fsp3) is 0.704. The Bertz CT molecular complexity index is 958. The van der Waals surface area contributed by atoms with E-state index < -0.39 is 46.7 Å². The second-order valence-electron chi connectivity index (χ2n) is 11.1. The average Bonchev–Trinajstić information content (AvgIpc) is 3.34. The maximum Gasteiger partial charge on any atom is 0.333 e. The van der Waals surface area contributed by atoms with Gasteiger partial charge in [-0.3, -0.25) is 14.4 Å². The standard InChI is InChI=1S/C27H38O7/c1-9-15(2)24(31)32-21-17(4)14-27(33-18(5)28)20(21)23-26(8,34-23)13-11-19(29)25(6,7)12-10-16(3)22(27)30/h9-10,17,20-21,23H,11-14H2,1-8H3. The number of carbonyl (C=O) groups is 4. The molecule has 6 unspecified atom stereocenters. The lowest BCUT2D eigenvalue weighted by Gasteiger charge is -2.35. The Morgan fingerprint density at radius 1 is 1.18 bits per heavy atom. The van der Waals surface area contributed by atoms with Crippen molar-refractivity contribution >= 4 is 23.5 Å². The van der Waals surface area contributed by atoms with Crippen molar-refractivity contribution in [1.82, 2.24) is 0 Å². The van der Waals surface area contributed by atoms with Gasteiger partial charge in [0.15, 0.2) is 5.60 Å². The molecule has 3 aliphatic rings. The van der Waals surface area contributed by atoms with Crippen LogP contribution in [0.5, 0.6) is 0 Å². The maximum absolute atomic E-state index is 14.0. The number of epoxide rings is 1. The first-order chi connectivity index (χ1) is 15.7. The van der Waals surface area contributed by atoms with Crippen LogP contribution in [-0.2, 0) is 33.4 Å². The van der Waals surface area contributed by atoms with E-state index in [1.807, 2.05) is 27.7 Å². The van der Waals surface area contributed by atoms with Crippen LogP contribution in [0, 0.1) is 17.3 Å². The lowest BCUT2D eigenvalue weighted by atomic mass is 9.74. The molecular formula is C27H38O7. The summed E-state index contributed by atoms with van der Waals surface area (Å²) in [5, 5.41) is 0. The molecule has 0 N–H and O–H groups in total. The Labute approximate surface area is 202 Å². The van der Waals surface area contributed by atoms with Gasteiger partial charge in [-0.25, -0.2) is 4.79 Å². The predicted molar refractivity (Wildman–Crippen MR) is 126 cm³/mol. The highest BCUT2D eigenvalue weighted by Gasteiger charge is 2.71. The molecule has 3 rings (SSSR count). The molecule has 2 fully saturated rings. The molecule has 0 aromatic carbocycles. The van der Waals surface area contributed by atoms with E-state index in [0.717, 1.165) is 0 Å². The molecule has 7 nitrogen and oxygen atoms in total. The van der Waals surface area contributed by atoms with E-state index in [-0.39, 0.29) is 23.9 Å². The number of ether oxygens (including phenoxy) is 3. The molecule has 1 saturated carbocycles. The van der Waals surface area contributed by atoms with Gasteiger partial charge < -0.3 is 14.2 Å². The molecule has 34 heavy (non-hydrogen) atoms. The minimum absolute atomic E-state index is 0.109. The van der Waals surface area contributed by atoms with Crippen molar-refractivity contribution in [2.24, 2.45) is 17.3 Å². The summed E-state index contributed by atoms with van der Waals surface area (Å²) in [5.74, 6) is -2.17. The molecule has 0 aromatic rings. The lowest BCUT2D eigenvalue weighted by Crippen LogP contribution is -2.52. The van der Waals surface area contributed by atoms with Crippen LogP contribution in [0.3, 0.4) is 0 Å². The van der Waals surface area contributed by atoms with Crippen LogP contribution in [0.1, 0.15) is 81.1 Å². The van der Waals surface area contributed by atoms with Crippen molar-refractivity contribution in [3.8, 4) is 0 Å². The highest BCUT2D eigenvalue weighted by atomic mass is 16.6. The molecule has 0 aromatic heterocycles. The Hall–Kier alpha value is -2.28. The molecule has 6 atom stereocenters. The molecule has 1 heterocycles. The summed E-state index contributed by atoms with van der Waals surface area (Å²) in [7, 11) is 0. The minimum Gasteiger partial charge on any atom is -0.458 e. The van der Waals surface area contributed by atoms with E-state index in [2.05, 4.69) is 0 Å². The Morgan fingerprint density at radius 3 is 2.41 bits per heavy atom. The van der Waals surface area contributed by atoms with E-state index in [1.165, 1.54) is 6.92 Å².